The van der Waals surface area contributed by atoms with Crippen molar-refractivity contribution in [2.75, 3.05) is 0 Å². The van der Waals surface area contributed by atoms with Crippen LogP contribution in [0.2, 0.25) is 0 Å². The van der Waals surface area contributed by atoms with Crippen molar-refractivity contribution in [3.8, 4) is 34.7 Å². The highest BCUT2D eigenvalue weighted by Crippen LogP contribution is 2.37. The van der Waals surface area contributed by atoms with Gasteiger partial charge in [-0.05, 0) is 48.9 Å². The molecule has 0 saturated heterocycles. The molecule has 1 atom stereocenters. The molecule has 34 heavy (non-hydrogen) atoms. The number of aliphatic carboxylic acids is 1. The van der Waals surface area contributed by atoms with Crippen LogP contribution in [-0.2, 0) is 11.3 Å². The maximum absolute atomic E-state index is 12.6. The Morgan fingerprint density at radius 2 is 2.06 bits per heavy atom. The summed E-state index contributed by atoms with van der Waals surface area (Å²) in [4.78, 5) is 15.4. The van der Waals surface area contributed by atoms with Crippen molar-refractivity contribution in [3.63, 3.8) is 0 Å². The first-order valence-corrected chi connectivity index (χ1v) is 10.2. The molecule has 0 spiro atoms. The molecule has 2 aromatic heterocycles. The third-order valence-electron chi connectivity index (χ3n) is 5.67. The van der Waals surface area contributed by atoms with Gasteiger partial charge in [-0.15, -0.1) is 13.2 Å². The summed E-state index contributed by atoms with van der Waals surface area (Å²) >= 11 is 0. The lowest BCUT2D eigenvalue weighted by Crippen LogP contribution is -2.17. The van der Waals surface area contributed by atoms with Crippen LogP contribution in [-0.4, -0.2) is 32.1 Å². The molecule has 1 aliphatic rings. The summed E-state index contributed by atoms with van der Waals surface area (Å²) in [5, 5.41) is 23.1. The van der Waals surface area contributed by atoms with Gasteiger partial charge in [-0.2, -0.15) is 10.2 Å². The van der Waals surface area contributed by atoms with E-state index in [0.717, 1.165) is 41.7 Å². The summed E-state index contributed by atoms with van der Waals surface area (Å²) in [7, 11) is 0. The quantitative estimate of drug-likeness (QED) is 0.434. The van der Waals surface area contributed by atoms with Crippen LogP contribution in [0.1, 0.15) is 30.0 Å². The Morgan fingerprint density at radius 1 is 1.24 bits per heavy atom. The van der Waals surface area contributed by atoms with Crippen molar-refractivity contribution in [1.82, 2.24) is 14.7 Å². The van der Waals surface area contributed by atoms with Crippen LogP contribution in [0.25, 0.3) is 33.7 Å². The number of aryl methyl sites for hydroxylation is 1. The van der Waals surface area contributed by atoms with Crippen molar-refractivity contribution < 1.29 is 32.3 Å². The fourth-order valence-electron chi connectivity index (χ4n) is 4.31. The van der Waals surface area contributed by atoms with Crippen LogP contribution >= 0.6 is 0 Å². The van der Waals surface area contributed by atoms with E-state index in [1.165, 1.54) is 6.07 Å². The lowest BCUT2D eigenvalue weighted by molar-refractivity contribution is -0.274. The van der Waals surface area contributed by atoms with Gasteiger partial charge < -0.3 is 18.9 Å². The van der Waals surface area contributed by atoms with Gasteiger partial charge in [-0.25, -0.2) is 0 Å². The van der Waals surface area contributed by atoms with E-state index in [9.17, 15) is 18.0 Å². The Morgan fingerprint density at radius 3 is 2.79 bits per heavy atom. The minimum Gasteiger partial charge on any atom is -0.481 e. The summed E-state index contributed by atoms with van der Waals surface area (Å²) in [6, 6.07) is 12.6. The van der Waals surface area contributed by atoms with Crippen molar-refractivity contribution in [1.29, 1.82) is 5.26 Å². The number of ether oxygens (including phenoxy) is 1. The molecule has 0 saturated carbocycles. The number of carbonyl (C=O) groups is 1. The summed E-state index contributed by atoms with van der Waals surface area (Å²) in [6.45, 7) is 0.736. The molecule has 0 unspecified atom stereocenters. The molecule has 0 bridgehead atoms. The first-order valence-electron chi connectivity index (χ1n) is 10.2. The standard InChI is InChI=1S/C23H15F3N4O4/c24-23(25,26)33-17-6-12(11-27)5-16(8-17)22-28-21(29-34-22)14-1-2-18-15(7-14)9-19-13(10-20(31)32)3-4-30(18)19/h1-2,5-9,13H,3-4,10H2,(H,31,32)/t13-/m1/s1. The normalized spacial score (nSPS) is 15.3. The second-order valence-electron chi connectivity index (χ2n) is 7.91. The molecule has 4 aromatic rings. The van der Waals surface area contributed by atoms with Gasteiger partial charge in [0.1, 0.15) is 5.75 Å². The fourth-order valence-corrected chi connectivity index (χ4v) is 4.31. The highest BCUT2D eigenvalue weighted by molar-refractivity contribution is 5.86. The Labute approximate surface area is 189 Å². The van der Waals surface area contributed by atoms with Gasteiger partial charge in [-0.3, -0.25) is 4.79 Å². The molecule has 1 N–H and O–H groups in total. The number of nitriles is 1. The molecular formula is C23H15F3N4O4. The lowest BCUT2D eigenvalue weighted by atomic mass is 10.0. The number of halogens is 3. The van der Waals surface area contributed by atoms with Gasteiger partial charge in [0.25, 0.3) is 5.89 Å². The van der Waals surface area contributed by atoms with E-state index in [4.69, 9.17) is 14.9 Å². The van der Waals surface area contributed by atoms with Crippen LogP contribution in [0.5, 0.6) is 5.75 Å². The molecule has 3 heterocycles. The maximum atomic E-state index is 12.6. The maximum Gasteiger partial charge on any atom is 0.573 e. The molecule has 0 amide bonds. The van der Waals surface area contributed by atoms with Crippen LogP contribution in [0.4, 0.5) is 13.2 Å². The van der Waals surface area contributed by atoms with Gasteiger partial charge in [0, 0.05) is 40.2 Å². The number of carboxylic acids is 1. The van der Waals surface area contributed by atoms with Gasteiger partial charge in [0.15, 0.2) is 0 Å². The number of nitrogens with zero attached hydrogens (tertiary/aromatic N) is 4. The molecule has 1 aliphatic heterocycles. The fraction of sp³-hybridized carbons (Fsp3) is 0.217. The van der Waals surface area contributed by atoms with Crippen LogP contribution in [0.15, 0.2) is 47.0 Å². The van der Waals surface area contributed by atoms with Gasteiger partial charge in [0.05, 0.1) is 18.1 Å². The Bertz CT molecular complexity index is 1470. The molecule has 2 aromatic carbocycles. The second-order valence-corrected chi connectivity index (χ2v) is 7.91. The average molecular weight is 468 g/mol. The molecule has 8 nitrogen and oxygen atoms in total. The third-order valence-corrected chi connectivity index (χ3v) is 5.67. The summed E-state index contributed by atoms with van der Waals surface area (Å²) in [5.74, 6) is -1.31. The smallest absolute Gasteiger partial charge is 0.481 e. The largest absolute Gasteiger partial charge is 0.573 e. The third kappa shape index (κ3) is 4.05. The highest BCUT2D eigenvalue weighted by Gasteiger charge is 2.32. The van der Waals surface area contributed by atoms with E-state index < -0.39 is 18.1 Å². The number of carboxylic acid groups (broad SMARTS) is 1. The molecule has 172 valence electrons. The number of benzene rings is 2. The zero-order chi connectivity index (χ0) is 24.0. The molecule has 0 radical (unpaired) electrons. The molecular weight excluding hydrogens is 453 g/mol. The van der Waals surface area contributed by atoms with Crippen LogP contribution in [0, 0.1) is 11.3 Å². The highest BCUT2D eigenvalue weighted by atomic mass is 19.4. The Kier molecular flexibility index (Phi) is 5.01. The zero-order valence-corrected chi connectivity index (χ0v) is 17.3. The van der Waals surface area contributed by atoms with E-state index in [1.54, 1.807) is 12.1 Å². The lowest BCUT2D eigenvalue weighted by Gasteiger charge is -2.09. The molecule has 11 heteroatoms. The van der Waals surface area contributed by atoms with Crippen LogP contribution in [0.3, 0.4) is 0 Å². The minimum atomic E-state index is -4.91. The first kappa shape index (κ1) is 21.5. The predicted octanol–water partition coefficient (Wildman–Crippen LogP) is 5.09. The van der Waals surface area contributed by atoms with Crippen molar-refractivity contribution >= 4 is 16.9 Å². The Hall–Kier alpha value is -4.33. The predicted molar refractivity (Wildman–Crippen MR) is 112 cm³/mol. The zero-order valence-electron chi connectivity index (χ0n) is 17.3. The minimum absolute atomic E-state index is 0.0503. The number of fused-ring (bicyclic) bond motifs is 3. The average Bonchev–Trinajstić information content (AvgIpc) is 3.48. The van der Waals surface area contributed by atoms with Gasteiger partial charge in [-0.1, -0.05) is 5.16 Å². The van der Waals surface area contributed by atoms with Crippen LogP contribution < -0.4 is 4.74 Å². The number of rotatable bonds is 5. The first-order chi connectivity index (χ1) is 16.2. The summed E-state index contributed by atoms with van der Waals surface area (Å²) < 4.78 is 49.1. The van der Waals surface area contributed by atoms with E-state index in [-0.39, 0.29) is 35.2 Å². The van der Waals surface area contributed by atoms with E-state index in [1.807, 2.05) is 18.2 Å². The van der Waals surface area contributed by atoms with Gasteiger partial charge in [0.2, 0.25) is 5.82 Å². The topological polar surface area (TPSA) is 114 Å². The Balaban J connectivity index is 1.47. The number of aromatic nitrogens is 3. The molecule has 5 rings (SSSR count). The number of alkyl halides is 3. The molecule has 0 fully saturated rings. The summed E-state index contributed by atoms with van der Waals surface area (Å²) in [5.41, 5.74) is 2.60. The van der Waals surface area contributed by atoms with E-state index in [2.05, 4.69) is 19.4 Å². The molecule has 0 aliphatic carbocycles. The monoisotopic (exact) mass is 468 g/mol. The summed E-state index contributed by atoms with van der Waals surface area (Å²) in [6.07, 6.45) is -4.07. The van der Waals surface area contributed by atoms with E-state index in [0.29, 0.717) is 5.56 Å². The van der Waals surface area contributed by atoms with Crippen molar-refractivity contribution in [3.05, 3.63) is 53.7 Å². The number of hydrogen-bond donors (Lipinski definition) is 1. The van der Waals surface area contributed by atoms with Crippen molar-refractivity contribution in [2.45, 2.75) is 31.7 Å². The van der Waals surface area contributed by atoms with Gasteiger partial charge >= 0.3 is 12.3 Å². The van der Waals surface area contributed by atoms with Crippen molar-refractivity contribution in [2.24, 2.45) is 0 Å². The SMILES string of the molecule is N#Cc1cc(OC(F)(F)F)cc(-c2nc(-c3ccc4c(c3)cc3n4CC[C@@H]3CC(=O)O)no2)c1. The van der Waals surface area contributed by atoms with E-state index >= 15 is 0 Å². The number of hydrogen-bond acceptors (Lipinski definition) is 6. The second kappa shape index (κ2) is 7.91.